The first-order valence-corrected chi connectivity index (χ1v) is 4.73. The Bertz CT molecular complexity index is 385. The van der Waals surface area contributed by atoms with Crippen molar-refractivity contribution in [2.24, 2.45) is 5.92 Å². The van der Waals surface area contributed by atoms with Crippen LogP contribution in [0.4, 0.5) is 0 Å². The fraction of sp³-hybridized carbons (Fsp3) is 0.417. The number of hydrogen-bond donors (Lipinski definition) is 0. The van der Waals surface area contributed by atoms with Crippen molar-refractivity contribution in [1.82, 2.24) is 0 Å². The molecule has 1 unspecified atom stereocenters. The molecule has 0 heterocycles. The first-order valence-electron chi connectivity index (χ1n) is 4.73. The quantitative estimate of drug-likeness (QED) is 0.588. The highest BCUT2D eigenvalue weighted by atomic mass is 14.3. The number of benzene rings is 1. The first kappa shape index (κ1) is 8.31. The van der Waals surface area contributed by atoms with Crippen LogP contribution in [0.2, 0.25) is 0 Å². The van der Waals surface area contributed by atoms with Gasteiger partial charge in [0.15, 0.2) is 0 Å². The largest absolute Gasteiger partial charge is 0.192 e. The van der Waals surface area contributed by atoms with Crippen LogP contribution in [-0.4, -0.2) is 0 Å². The molecule has 0 amide bonds. The van der Waals surface area contributed by atoms with Crippen LogP contribution in [0.15, 0.2) is 12.1 Å². The average Bonchev–Trinajstić information content (AvgIpc) is 2.42. The summed E-state index contributed by atoms with van der Waals surface area (Å²) < 4.78 is 0. The Morgan fingerprint density at radius 1 is 1.31 bits per heavy atom. The van der Waals surface area contributed by atoms with Crippen molar-refractivity contribution in [3.8, 4) is 6.07 Å². The second-order valence-corrected chi connectivity index (χ2v) is 4.06. The summed E-state index contributed by atoms with van der Waals surface area (Å²) in [5.74, 6) is 0.753. The normalized spacial score (nSPS) is 19.6. The molecule has 1 aliphatic rings. The number of hydrogen-bond acceptors (Lipinski definition) is 1. The number of rotatable bonds is 0. The highest BCUT2D eigenvalue weighted by molar-refractivity contribution is 5.46. The topological polar surface area (TPSA) is 23.8 Å². The van der Waals surface area contributed by atoms with E-state index in [1.54, 1.807) is 0 Å². The fourth-order valence-corrected chi connectivity index (χ4v) is 2.14. The molecule has 0 bridgehead atoms. The zero-order valence-electron chi connectivity index (χ0n) is 8.09. The van der Waals surface area contributed by atoms with Gasteiger partial charge in [-0.2, -0.15) is 5.26 Å². The van der Waals surface area contributed by atoms with Crippen LogP contribution in [0, 0.1) is 24.2 Å². The number of nitriles is 1. The van der Waals surface area contributed by atoms with E-state index >= 15 is 0 Å². The summed E-state index contributed by atoms with van der Waals surface area (Å²) >= 11 is 0. The number of fused-ring (bicyclic) bond motifs is 1. The summed E-state index contributed by atoms with van der Waals surface area (Å²) in [5.41, 5.74) is 4.79. The molecule has 0 aromatic heterocycles. The van der Waals surface area contributed by atoms with E-state index in [2.05, 4.69) is 25.1 Å². The summed E-state index contributed by atoms with van der Waals surface area (Å²) in [6.07, 6.45) is 2.33. The molecule has 0 N–H and O–H groups in total. The van der Waals surface area contributed by atoms with Crippen molar-refractivity contribution in [1.29, 1.82) is 5.26 Å². The lowest BCUT2D eigenvalue weighted by Gasteiger charge is -2.02. The van der Waals surface area contributed by atoms with Gasteiger partial charge in [0.2, 0.25) is 0 Å². The average molecular weight is 171 g/mol. The predicted molar refractivity (Wildman–Crippen MR) is 52.5 cm³/mol. The molecule has 1 aromatic carbocycles. The number of aryl methyl sites for hydroxylation is 1. The molecule has 1 nitrogen and oxygen atoms in total. The molecule has 13 heavy (non-hydrogen) atoms. The van der Waals surface area contributed by atoms with E-state index in [0.29, 0.717) is 0 Å². The third kappa shape index (κ3) is 1.33. The monoisotopic (exact) mass is 171 g/mol. The van der Waals surface area contributed by atoms with Gasteiger partial charge in [0.1, 0.15) is 0 Å². The molecular weight excluding hydrogens is 158 g/mol. The maximum atomic E-state index is 8.87. The van der Waals surface area contributed by atoms with Crippen molar-refractivity contribution >= 4 is 0 Å². The van der Waals surface area contributed by atoms with Crippen molar-refractivity contribution in [3.05, 3.63) is 34.4 Å². The van der Waals surface area contributed by atoms with Crippen LogP contribution in [0.3, 0.4) is 0 Å². The first-order chi connectivity index (χ1) is 6.20. The Morgan fingerprint density at radius 2 is 1.92 bits per heavy atom. The Labute approximate surface area is 79.0 Å². The van der Waals surface area contributed by atoms with E-state index in [1.807, 2.05) is 6.92 Å². The molecule has 0 fully saturated rings. The maximum Gasteiger partial charge on any atom is 0.0994 e. The molecule has 0 radical (unpaired) electrons. The third-order valence-electron chi connectivity index (χ3n) is 2.80. The van der Waals surface area contributed by atoms with Gasteiger partial charge in [-0.25, -0.2) is 0 Å². The molecule has 1 aliphatic carbocycles. The third-order valence-corrected chi connectivity index (χ3v) is 2.80. The highest BCUT2D eigenvalue weighted by Gasteiger charge is 2.18. The fourth-order valence-electron chi connectivity index (χ4n) is 2.14. The van der Waals surface area contributed by atoms with Crippen LogP contribution >= 0.6 is 0 Å². The lowest BCUT2D eigenvalue weighted by molar-refractivity contribution is 0.627. The van der Waals surface area contributed by atoms with Gasteiger partial charge in [0, 0.05) is 0 Å². The lowest BCUT2D eigenvalue weighted by atomic mass is 10.0. The zero-order chi connectivity index (χ0) is 9.42. The lowest BCUT2D eigenvalue weighted by Crippen LogP contribution is -1.89. The van der Waals surface area contributed by atoms with Crippen LogP contribution in [0.1, 0.15) is 29.2 Å². The minimum Gasteiger partial charge on any atom is -0.192 e. The molecule has 0 saturated carbocycles. The van der Waals surface area contributed by atoms with Gasteiger partial charge in [-0.15, -0.1) is 0 Å². The zero-order valence-corrected chi connectivity index (χ0v) is 8.09. The van der Waals surface area contributed by atoms with Gasteiger partial charge in [-0.3, -0.25) is 0 Å². The minimum atomic E-state index is 0.753. The summed E-state index contributed by atoms with van der Waals surface area (Å²) in [7, 11) is 0. The Kier molecular flexibility index (Phi) is 1.84. The molecule has 66 valence electrons. The van der Waals surface area contributed by atoms with Gasteiger partial charge in [0.05, 0.1) is 11.6 Å². The highest BCUT2D eigenvalue weighted by Crippen LogP contribution is 2.28. The van der Waals surface area contributed by atoms with E-state index in [0.717, 1.165) is 23.5 Å². The molecule has 0 spiro atoms. The molecule has 2 rings (SSSR count). The van der Waals surface area contributed by atoms with E-state index < -0.39 is 0 Å². The number of nitrogens with zero attached hydrogens (tertiary/aromatic N) is 1. The van der Waals surface area contributed by atoms with Crippen molar-refractivity contribution in [2.75, 3.05) is 0 Å². The Morgan fingerprint density at radius 3 is 2.54 bits per heavy atom. The molecule has 0 saturated heterocycles. The molecular formula is C12H13N. The second-order valence-electron chi connectivity index (χ2n) is 4.06. The van der Waals surface area contributed by atoms with Gasteiger partial charge in [0.25, 0.3) is 0 Å². The summed E-state index contributed by atoms with van der Waals surface area (Å²) in [5, 5.41) is 8.87. The SMILES string of the molecule is Cc1cc2c(cc1C#N)CC(C)C2. The van der Waals surface area contributed by atoms with E-state index in [4.69, 9.17) is 5.26 Å². The van der Waals surface area contributed by atoms with Gasteiger partial charge < -0.3 is 0 Å². The Balaban J connectivity index is 2.52. The molecule has 1 atom stereocenters. The second kappa shape index (κ2) is 2.88. The smallest absolute Gasteiger partial charge is 0.0994 e. The minimum absolute atomic E-state index is 0.753. The Hall–Kier alpha value is -1.29. The van der Waals surface area contributed by atoms with Gasteiger partial charge >= 0.3 is 0 Å². The van der Waals surface area contributed by atoms with Crippen LogP contribution in [-0.2, 0) is 12.8 Å². The molecule has 1 heteroatoms. The van der Waals surface area contributed by atoms with E-state index in [-0.39, 0.29) is 0 Å². The van der Waals surface area contributed by atoms with Crippen LogP contribution < -0.4 is 0 Å². The van der Waals surface area contributed by atoms with Gasteiger partial charge in [-0.05, 0) is 48.4 Å². The van der Waals surface area contributed by atoms with Crippen LogP contribution in [0.5, 0.6) is 0 Å². The summed E-state index contributed by atoms with van der Waals surface area (Å²) in [4.78, 5) is 0. The summed E-state index contributed by atoms with van der Waals surface area (Å²) in [6.45, 7) is 4.28. The van der Waals surface area contributed by atoms with Crippen LogP contribution in [0.25, 0.3) is 0 Å². The molecule has 0 aliphatic heterocycles. The van der Waals surface area contributed by atoms with Gasteiger partial charge in [-0.1, -0.05) is 13.0 Å². The maximum absolute atomic E-state index is 8.87. The molecule has 1 aromatic rings. The predicted octanol–water partition coefficient (Wildman–Crippen LogP) is 2.60. The van der Waals surface area contributed by atoms with Crippen molar-refractivity contribution in [2.45, 2.75) is 26.7 Å². The standard InChI is InChI=1S/C12H13N/c1-8-3-10-5-9(2)12(7-13)6-11(10)4-8/h5-6,8H,3-4H2,1-2H3. The van der Waals surface area contributed by atoms with E-state index in [1.165, 1.54) is 17.5 Å². The van der Waals surface area contributed by atoms with Crippen molar-refractivity contribution < 1.29 is 0 Å². The summed E-state index contributed by atoms with van der Waals surface area (Å²) in [6, 6.07) is 6.48. The van der Waals surface area contributed by atoms with Crippen molar-refractivity contribution in [3.63, 3.8) is 0 Å². The van der Waals surface area contributed by atoms with E-state index in [9.17, 15) is 0 Å².